The zero-order chi connectivity index (χ0) is 15.5. The Morgan fingerprint density at radius 1 is 1.18 bits per heavy atom. The monoisotopic (exact) mass is 305 g/mol. The number of nitrogens with zero attached hydrogens (tertiary/aromatic N) is 2. The van der Waals surface area contributed by atoms with E-state index in [9.17, 15) is 5.26 Å². The summed E-state index contributed by atoms with van der Waals surface area (Å²) in [4.78, 5) is 4.52. The van der Waals surface area contributed by atoms with Crippen molar-refractivity contribution in [1.82, 2.24) is 4.98 Å². The van der Waals surface area contributed by atoms with Gasteiger partial charge >= 0.3 is 0 Å². The Balaban J connectivity index is 1.91. The number of benzene rings is 2. The smallest absolute Gasteiger partial charge is 0.136 e. The maximum absolute atomic E-state index is 9.40. The zero-order valence-electron chi connectivity index (χ0n) is 12.4. The average molecular weight is 305 g/mol. The first-order valence-corrected chi connectivity index (χ1v) is 7.78. The number of allylic oxidation sites excluding steroid dienone is 1. The summed E-state index contributed by atoms with van der Waals surface area (Å²) in [7, 11) is 0. The lowest BCUT2D eigenvalue weighted by atomic mass is 10.1. The minimum absolute atomic E-state index is 0.542. The number of aryl methyl sites for hydroxylation is 2. The summed E-state index contributed by atoms with van der Waals surface area (Å²) < 4.78 is 1.09. The van der Waals surface area contributed by atoms with Crippen molar-refractivity contribution in [3.63, 3.8) is 0 Å². The topological polar surface area (TPSA) is 48.7 Å². The quantitative estimate of drug-likeness (QED) is 0.701. The normalized spacial score (nSPS) is 11.4. The fraction of sp³-hybridized carbons (Fsp3) is 0.111. The van der Waals surface area contributed by atoms with Gasteiger partial charge in [0.05, 0.1) is 10.2 Å². The lowest BCUT2D eigenvalue weighted by Gasteiger charge is -2.04. The molecule has 1 heterocycles. The van der Waals surface area contributed by atoms with Gasteiger partial charge < -0.3 is 5.32 Å². The number of aromatic nitrogens is 1. The fourth-order valence-electron chi connectivity index (χ4n) is 2.34. The van der Waals surface area contributed by atoms with Gasteiger partial charge in [-0.2, -0.15) is 5.26 Å². The van der Waals surface area contributed by atoms with Gasteiger partial charge in [-0.05, 0) is 49.2 Å². The van der Waals surface area contributed by atoms with Gasteiger partial charge in [0.25, 0.3) is 0 Å². The van der Waals surface area contributed by atoms with Crippen LogP contribution >= 0.6 is 11.3 Å². The molecule has 0 fully saturated rings. The van der Waals surface area contributed by atoms with Crippen LogP contribution in [-0.2, 0) is 0 Å². The molecule has 3 rings (SSSR count). The van der Waals surface area contributed by atoms with E-state index in [0.29, 0.717) is 5.57 Å². The largest absolute Gasteiger partial charge is 0.360 e. The van der Waals surface area contributed by atoms with E-state index in [1.807, 2.05) is 24.3 Å². The molecule has 1 N–H and O–H groups in total. The zero-order valence-corrected chi connectivity index (χ0v) is 13.2. The first-order valence-electron chi connectivity index (χ1n) is 6.97. The van der Waals surface area contributed by atoms with Crippen LogP contribution in [0, 0.1) is 25.2 Å². The van der Waals surface area contributed by atoms with Gasteiger partial charge in [-0.3, -0.25) is 0 Å². The second kappa shape index (κ2) is 6.00. The molecular formula is C18H15N3S. The van der Waals surface area contributed by atoms with E-state index >= 15 is 0 Å². The number of hydrogen-bond acceptors (Lipinski definition) is 4. The van der Waals surface area contributed by atoms with E-state index in [1.165, 1.54) is 22.5 Å². The molecule has 0 amide bonds. The lowest BCUT2D eigenvalue weighted by molar-refractivity contribution is 1.37. The second-order valence-corrected chi connectivity index (χ2v) is 6.21. The molecule has 0 saturated heterocycles. The predicted molar refractivity (Wildman–Crippen MR) is 92.7 cm³/mol. The molecule has 0 unspecified atom stereocenters. The Labute approximate surface area is 133 Å². The van der Waals surface area contributed by atoms with Gasteiger partial charge in [-0.15, -0.1) is 11.3 Å². The summed E-state index contributed by atoms with van der Waals surface area (Å²) in [6, 6.07) is 16.4. The van der Waals surface area contributed by atoms with Gasteiger partial charge in [0.1, 0.15) is 16.6 Å². The molecule has 0 atom stereocenters. The number of nitriles is 1. The summed E-state index contributed by atoms with van der Waals surface area (Å²) in [5, 5.41) is 13.3. The molecule has 2 aromatic carbocycles. The summed E-state index contributed by atoms with van der Waals surface area (Å²) in [5.74, 6) is 0. The van der Waals surface area contributed by atoms with Crippen LogP contribution in [-0.4, -0.2) is 4.98 Å². The first kappa shape index (κ1) is 14.3. The summed E-state index contributed by atoms with van der Waals surface area (Å²) in [6.07, 6.45) is 1.73. The van der Waals surface area contributed by atoms with Crippen molar-refractivity contribution in [2.75, 3.05) is 5.32 Å². The maximum atomic E-state index is 9.40. The molecule has 3 aromatic rings. The van der Waals surface area contributed by atoms with Crippen molar-refractivity contribution < 1.29 is 0 Å². The number of thiazole rings is 1. The van der Waals surface area contributed by atoms with Gasteiger partial charge in [0, 0.05) is 11.9 Å². The van der Waals surface area contributed by atoms with Crippen molar-refractivity contribution in [3.05, 3.63) is 64.8 Å². The third-order valence-corrected chi connectivity index (χ3v) is 4.32. The predicted octanol–water partition coefficient (Wildman–Crippen LogP) is 4.89. The van der Waals surface area contributed by atoms with Crippen LogP contribution < -0.4 is 5.32 Å². The molecule has 0 aliphatic carbocycles. The molecule has 0 bridgehead atoms. The molecule has 4 heteroatoms. The van der Waals surface area contributed by atoms with E-state index in [2.05, 4.69) is 48.4 Å². The Morgan fingerprint density at radius 3 is 2.59 bits per heavy atom. The summed E-state index contributed by atoms with van der Waals surface area (Å²) >= 11 is 1.53. The first-order chi connectivity index (χ1) is 10.7. The standard InChI is InChI=1S/C18H15N3S/c1-12-7-13(2)9-15(8-12)20-11-14(10-19)18-21-16-5-3-4-6-17(16)22-18/h3-9,11,20H,1-2H3/b14-11-. The number of anilines is 1. The minimum atomic E-state index is 0.542. The Hall–Kier alpha value is -2.64. The number of rotatable bonds is 3. The molecule has 1 aromatic heterocycles. The van der Waals surface area contributed by atoms with E-state index in [1.54, 1.807) is 6.20 Å². The van der Waals surface area contributed by atoms with Crippen LogP contribution in [0.25, 0.3) is 15.8 Å². The third kappa shape index (κ3) is 3.00. The van der Waals surface area contributed by atoms with E-state index < -0.39 is 0 Å². The molecule has 0 aliphatic heterocycles. The van der Waals surface area contributed by atoms with E-state index in [-0.39, 0.29) is 0 Å². The van der Waals surface area contributed by atoms with E-state index in [4.69, 9.17) is 0 Å². The van der Waals surface area contributed by atoms with Crippen molar-refractivity contribution in [3.8, 4) is 6.07 Å². The Morgan fingerprint density at radius 2 is 1.91 bits per heavy atom. The molecule has 0 spiro atoms. The number of nitrogens with one attached hydrogen (secondary N) is 1. The Kier molecular flexibility index (Phi) is 3.90. The number of para-hydroxylation sites is 1. The van der Waals surface area contributed by atoms with Crippen LogP contribution in [0.5, 0.6) is 0 Å². The van der Waals surface area contributed by atoms with Gasteiger partial charge in [0.15, 0.2) is 0 Å². The van der Waals surface area contributed by atoms with Crippen LogP contribution in [0.1, 0.15) is 16.1 Å². The van der Waals surface area contributed by atoms with Crippen molar-refractivity contribution in [2.24, 2.45) is 0 Å². The molecule has 0 aliphatic rings. The van der Waals surface area contributed by atoms with Gasteiger partial charge in [-0.25, -0.2) is 4.98 Å². The van der Waals surface area contributed by atoms with Crippen LogP contribution in [0.2, 0.25) is 0 Å². The minimum Gasteiger partial charge on any atom is -0.360 e. The molecular weight excluding hydrogens is 290 g/mol. The highest BCUT2D eigenvalue weighted by molar-refractivity contribution is 7.19. The molecule has 3 nitrogen and oxygen atoms in total. The van der Waals surface area contributed by atoms with Gasteiger partial charge in [-0.1, -0.05) is 18.2 Å². The van der Waals surface area contributed by atoms with Crippen molar-refractivity contribution in [2.45, 2.75) is 13.8 Å². The van der Waals surface area contributed by atoms with Gasteiger partial charge in [0.2, 0.25) is 0 Å². The van der Waals surface area contributed by atoms with Crippen molar-refractivity contribution >= 4 is 32.8 Å². The van der Waals surface area contributed by atoms with Crippen LogP contribution in [0.3, 0.4) is 0 Å². The third-order valence-electron chi connectivity index (χ3n) is 3.25. The van der Waals surface area contributed by atoms with Crippen LogP contribution in [0.15, 0.2) is 48.7 Å². The summed E-state index contributed by atoms with van der Waals surface area (Å²) in [6.45, 7) is 4.11. The molecule has 108 valence electrons. The maximum Gasteiger partial charge on any atom is 0.136 e. The summed E-state index contributed by atoms with van der Waals surface area (Å²) in [5.41, 5.74) is 4.82. The Bertz CT molecular complexity index is 847. The number of fused-ring (bicyclic) bond motifs is 1. The molecule has 22 heavy (non-hydrogen) atoms. The SMILES string of the molecule is Cc1cc(C)cc(N/C=C(/C#N)c2nc3ccccc3s2)c1. The molecule has 0 saturated carbocycles. The lowest BCUT2D eigenvalue weighted by Crippen LogP contribution is -1.92. The highest BCUT2D eigenvalue weighted by Crippen LogP contribution is 2.26. The van der Waals surface area contributed by atoms with Crippen molar-refractivity contribution in [1.29, 1.82) is 5.26 Å². The van der Waals surface area contributed by atoms with E-state index in [0.717, 1.165) is 20.9 Å². The van der Waals surface area contributed by atoms with Crippen LogP contribution in [0.4, 0.5) is 5.69 Å². The number of hydrogen-bond donors (Lipinski definition) is 1. The average Bonchev–Trinajstić information content (AvgIpc) is 2.90. The molecule has 0 radical (unpaired) electrons. The highest BCUT2D eigenvalue weighted by atomic mass is 32.1. The fourth-order valence-corrected chi connectivity index (χ4v) is 3.27. The highest BCUT2D eigenvalue weighted by Gasteiger charge is 2.08. The second-order valence-electron chi connectivity index (χ2n) is 5.18.